The van der Waals surface area contributed by atoms with Crippen LogP contribution in [-0.2, 0) is 6.54 Å². The summed E-state index contributed by atoms with van der Waals surface area (Å²) in [5, 5.41) is 32.6. The van der Waals surface area contributed by atoms with Crippen molar-refractivity contribution in [2.24, 2.45) is 0 Å². The molecule has 0 atom stereocenters. The van der Waals surface area contributed by atoms with Crippen molar-refractivity contribution in [3.8, 4) is 5.75 Å². The molecule has 0 radical (unpaired) electrons. The Balaban J connectivity index is 1.75. The summed E-state index contributed by atoms with van der Waals surface area (Å²) in [6.45, 7) is 0.444. The number of nitrogens with one attached hydrogen (secondary N) is 1. The maximum absolute atomic E-state index is 11.1. The van der Waals surface area contributed by atoms with Crippen molar-refractivity contribution in [1.29, 1.82) is 0 Å². The number of carbonyl (C=O) groups is 1. The highest BCUT2D eigenvalue weighted by atomic mass is 32.2. The fourth-order valence-corrected chi connectivity index (χ4v) is 3.47. The lowest BCUT2D eigenvalue weighted by Crippen LogP contribution is -2.03. The molecule has 3 aromatic carbocycles. The zero-order valence-electron chi connectivity index (χ0n) is 14.5. The number of aromatic carboxylic acids is 1. The summed E-state index contributed by atoms with van der Waals surface area (Å²) < 4.78 is 0. The number of nitro groups is 1. The fourth-order valence-electron chi connectivity index (χ4n) is 2.53. The van der Waals surface area contributed by atoms with Gasteiger partial charge >= 0.3 is 5.97 Å². The first-order valence-corrected chi connectivity index (χ1v) is 9.06. The van der Waals surface area contributed by atoms with Crippen LogP contribution in [0.15, 0.2) is 76.5 Å². The van der Waals surface area contributed by atoms with E-state index in [2.05, 4.69) is 5.32 Å². The van der Waals surface area contributed by atoms with Gasteiger partial charge in [-0.2, -0.15) is 0 Å². The summed E-state index contributed by atoms with van der Waals surface area (Å²) in [6.07, 6.45) is 0. The van der Waals surface area contributed by atoms with Gasteiger partial charge in [-0.3, -0.25) is 10.1 Å². The van der Waals surface area contributed by atoms with E-state index in [-0.39, 0.29) is 17.0 Å². The van der Waals surface area contributed by atoms with Crippen molar-refractivity contribution < 1.29 is 19.9 Å². The molecular weight excluding hydrogens is 380 g/mol. The second-order valence-electron chi connectivity index (χ2n) is 5.85. The molecule has 0 bridgehead atoms. The number of nitro benzene ring substituents is 1. The third kappa shape index (κ3) is 4.60. The number of hydrogen-bond donors (Lipinski definition) is 3. The van der Waals surface area contributed by atoms with Crippen LogP contribution >= 0.6 is 11.8 Å². The number of non-ortho nitro benzene ring substituents is 1. The van der Waals surface area contributed by atoms with Crippen LogP contribution in [0, 0.1) is 10.1 Å². The van der Waals surface area contributed by atoms with Crippen LogP contribution in [0.1, 0.15) is 15.9 Å². The number of anilines is 1. The van der Waals surface area contributed by atoms with Crippen LogP contribution < -0.4 is 5.32 Å². The van der Waals surface area contributed by atoms with Gasteiger partial charge in [0.1, 0.15) is 11.3 Å². The van der Waals surface area contributed by atoms with Crippen molar-refractivity contribution in [1.82, 2.24) is 0 Å². The van der Waals surface area contributed by atoms with Gasteiger partial charge in [-0.1, -0.05) is 30.0 Å². The number of rotatable bonds is 7. The van der Waals surface area contributed by atoms with E-state index in [9.17, 15) is 20.0 Å². The van der Waals surface area contributed by atoms with Gasteiger partial charge in [-0.05, 0) is 42.0 Å². The van der Waals surface area contributed by atoms with E-state index in [1.165, 1.54) is 36.0 Å². The lowest BCUT2D eigenvalue weighted by molar-refractivity contribution is -0.384. The quantitative estimate of drug-likeness (QED) is 0.300. The van der Waals surface area contributed by atoms with Crippen LogP contribution in [0.25, 0.3) is 0 Å². The fraction of sp³-hybridized carbons (Fsp3) is 0.0500. The lowest BCUT2D eigenvalue weighted by atomic mass is 10.1. The van der Waals surface area contributed by atoms with Crippen LogP contribution in [0.5, 0.6) is 5.75 Å². The number of phenols is 1. The molecule has 3 aromatic rings. The van der Waals surface area contributed by atoms with Crippen molar-refractivity contribution >= 4 is 29.1 Å². The molecule has 0 aliphatic carbocycles. The molecule has 0 saturated carbocycles. The van der Waals surface area contributed by atoms with E-state index in [0.717, 1.165) is 15.4 Å². The number of aromatic hydroxyl groups is 1. The Bertz CT molecular complexity index is 1020. The molecule has 0 aliphatic rings. The van der Waals surface area contributed by atoms with Gasteiger partial charge in [0.05, 0.1) is 4.92 Å². The first-order valence-electron chi connectivity index (χ1n) is 8.24. The highest BCUT2D eigenvalue weighted by molar-refractivity contribution is 7.99. The van der Waals surface area contributed by atoms with Crippen LogP contribution in [0.4, 0.5) is 11.4 Å². The minimum Gasteiger partial charge on any atom is -0.507 e. The summed E-state index contributed by atoms with van der Waals surface area (Å²) in [5.41, 5.74) is 1.43. The molecule has 3 rings (SSSR count). The average Bonchev–Trinajstić information content (AvgIpc) is 2.68. The van der Waals surface area contributed by atoms with Gasteiger partial charge in [0.2, 0.25) is 0 Å². The van der Waals surface area contributed by atoms with Crippen molar-refractivity contribution in [2.75, 3.05) is 5.32 Å². The second kappa shape index (κ2) is 8.45. The first kappa shape index (κ1) is 19.2. The van der Waals surface area contributed by atoms with Gasteiger partial charge in [-0.25, -0.2) is 4.79 Å². The van der Waals surface area contributed by atoms with E-state index in [0.29, 0.717) is 12.2 Å². The minimum absolute atomic E-state index is 0.0425. The van der Waals surface area contributed by atoms with Crippen LogP contribution in [0.3, 0.4) is 0 Å². The van der Waals surface area contributed by atoms with Crippen LogP contribution in [-0.4, -0.2) is 21.1 Å². The molecular formula is C20H16N2O5S. The third-order valence-corrected chi connectivity index (χ3v) is 5.08. The normalized spacial score (nSPS) is 10.4. The van der Waals surface area contributed by atoms with Gasteiger partial charge in [-0.15, -0.1) is 0 Å². The largest absolute Gasteiger partial charge is 0.507 e. The van der Waals surface area contributed by atoms with Crippen molar-refractivity contribution in [3.63, 3.8) is 0 Å². The topological polar surface area (TPSA) is 113 Å². The molecule has 0 unspecified atom stereocenters. The SMILES string of the molecule is O=C(O)c1cc(NCc2ccccc2Sc2ccc([N+](=O)[O-])cc2)ccc1O. The molecule has 0 aliphatic heterocycles. The van der Waals surface area contributed by atoms with E-state index < -0.39 is 10.9 Å². The molecule has 8 heteroatoms. The van der Waals surface area contributed by atoms with Gasteiger partial charge in [0.15, 0.2) is 0 Å². The molecule has 7 nitrogen and oxygen atoms in total. The molecule has 28 heavy (non-hydrogen) atoms. The standard InChI is InChI=1S/C20H16N2O5S/c23-18-10-5-14(11-17(18)20(24)25)21-12-13-3-1-2-4-19(13)28-16-8-6-15(7-9-16)22(26)27/h1-11,21,23H,12H2,(H,24,25). The summed E-state index contributed by atoms with van der Waals surface area (Å²) in [5.74, 6) is -1.48. The van der Waals surface area contributed by atoms with Crippen molar-refractivity contribution in [2.45, 2.75) is 16.3 Å². The minimum atomic E-state index is -1.20. The molecule has 0 heterocycles. The first-order chi connectivity index (χ1) is 13.4. The highest BCUT2D eigenvalue weighted by Crippen LogP contribution is 2.32. The highest BCUT2D eigenvalue weighted by Gasteiger charge is 2.11. The van der Waals surface area contributed by atoms with Gasteiger partial charge in [0, 0.05) is 34.2 Å². The zero-order valence-corrected chi connectivity index (χ0v) is 15.3. The summed E-state index contributed by atoms with van der Waals surface area (Å²) >= 11 is 1.48. The zero-order chi connectivity index (χ0) is 20.1. The van der Waals surface area contributed by atoms with Crippen LogP contribution in [0.2, 0.25) is 0 Å². The Hall–Kier alpha value is -3.52. The molecule has 142 valence electrons. The average molecular weight is 396 g/mol. The third-order valence-electron chi connectivity index (χ3n) is 3.96. The Labute approximate surface area is 164 Å². The Morgan fingerprint density at radius 3 is 2.46 bits per heavy atom. The monoisotopic (exact) mass is 396 g/mol. The molecule has 0 spiro atoms. The maximum Gasteiger partial charge on any atom is 0.339 e. The van der Waals surface area contributed by atoms with Crippen molar-refractivity contribution in [3.05, 3.63) is 88.0 Å². The Morgan fingerprint density at radius 2 is 1.79 bits per heavy atom. The van der Waals surface area contributed by atoms with E-state index in [1.807, 2.05) is 24.3 Å². The number of benzene rings is 3. The predicted octanol–water partition coefficient (Wildman–Crippen LogP) is 4.76. The van der Waals surface area contributed by atoms with E-state index >= 15 is 0 Å². The van der Waals surface area contributed by atoms with Gasteiger partial charge < -0.3 is 15.5 Å². The molecule has 0 saturated heterocycles. The predicted molar refractivity (Wildman–Crippen MR) is 106 cm³/mol. The number of hydrogen-bond acceptors (Lipinski definition) is 6. The molecule has 0 aromatic heterocycles. The van der Waals surface area contributed by atoms with E-state index in [4.69, 9.17) is 5.11 Å². The Morgan fingerprint density at radius 1 is 1.07 bits per heavy atom. The number of carboxylic acids is 1. The molecule has 3 N–H and O–H groups in total. The number of carboxylic acid groups (broad SMARTS) is 1. The Kier molecular flexibility index (Phi) is 5.81. The molecule has 0 amide bonds. The molecule has 0 fully saturated rings. The lowest BCUT2D eigenvalue weighted by Gasteiger charge is -2.12. The smallest absolute Gasteiger partial charge is 0.339 e. The van der Waals surface area contributed by atoms with Gasteiger partial charge in [0.25, 0.3) is 5.69 Å². The van der Waals surface area contributed by atoms with E-state index in [1.54, 1.807) is 18.2 Å². The second-order valence-corrected chi connectivity index (χ2v) is 6.97. The summed E-state index contributed by atoms with van der Waals surface area (Å²) in [6, 6.07) is 18.3. The maximum atomic E-state index is 11.1. The summed E-state index contributed by atoms with van der Waals surface area (Å²) in [7, 11) is 0. The summed E-state index contributed by atoms with van der Waals surface area (Å²) in [4.78, 5) is 23.3. The number of nitrogens with zero attached hydrogens (tertiary/aromatic N) is 1.